The van der Waals surface area contributed by atoms with Crippen molar-refractivity contribution in [3.63, 3.8) is 0 Å². The number of nitrogens with zero attached hydrogens (tertiary/aromatic N) is 4. The summed E-state index contributed by atoms with van der Waals surface area (Å²) >= 11 is 0. The molecule has 2 aliphatic rings. The van der Waals surface area contributed by atoms with Crippen LogP contribution in [-0.2, 0) is 9.53 Å². The number of hydrogen-bond donors (Lipinski definition) is 2. The average Bonchev–Trinajstić information content (AvgIpc) is 3.28. The summed E-state index contributed by atoms with van der Waals surface area (Å²) in [6, 6.07) is 2.21. The van der Waals surface area contributed by atoms with E-state index in [0.717, 1.165) is 56.3 Å². The second-order valence-electron chi connectivity index (χ2n) is 6.54. The molecule has 8 nitrogen and oxygen atoms in total. The molecule has 2 fully saturated rings. The lowest BCUT2D eigenvalue weighted by molar-refractivity contribution is -0.110. The van der Waals surface area contributed by atoms with Crippen LogP contribution in [0.25, 0.3) is 11.0 Å². The van der Waals surface area contributed by atoms with Crippen molar-refractivity contribution in [2.45, 2.75) is 37.6 Å². The van der Waals surface area contributed by atoms with Gasteiger partial charge in [0.15, 0.2) is 0 Å². The van der Waals surface area contributed by atoms with Gasteiger partial charge in [-0.1, -0.05) is 0 Å². The fraction of sp³-hybridized carbons (Fsp3) is 0.562. The zero-order chi connectivity index (χ0) is 16.5. The van der Waals surface area contributed by atoms with Crippen LogP contribution in [0.1, 0.15) is 25.5 Å². The van der Waals surface area contributed by atoms with Gasteiger partial charge in [-0.25, -0.2) is 9.97 Å². The number of likely N-dealkylation sites (tertiary alicyclic amines) is 1. The van der Waals surface area contributed by atoms with Crippen LogP contribution < -0.4 is 11.1 Å². The largest absolute Gasteiger partial charge is 0.383 e. The van der Waals surface area contributed by atoms with E-state index in [1.807, 2.05) is 16.8 Å². The molecule has 0 bridgehead atoms. The number of aromatic nitrogens is 3. The molecule has 2 aromatic heterocycles. The van der Waals surface area contributed by atoms with Crippen molar-refractivity contribution in [2.24, 2.45) is 0 Å². The van der Waals surface area contributed by atoms with Crippen molar-refractivity contribution in [1.82, 2.24) is 24.8 Å². The van der Waals surface area contributed by atoms with Gasteiger partial charge in [0.25, 0.3) is 0 Å². The molecule has 0 spiro atoms. The van der Waals surface area contributed by atoms with Gasteiger partial charge in [-0.2, -0.15) is 0 Å². The van der Waals surface area contributed by atoms with Gasteiger partial charge in [0.2, 0.25) is 6.41 Å². The van der Waals surface area contributed by atoms with Gasteiger partial charge in [-0.05, 0) is 25.3 Å². The minimum absolute atomic E-state index is 0.00620. The Morgan fingerprint density at radius 1 is 1.38 bits per heavy atom. The smallest absolute Gasteiger partial charge is 0.207 e. The Labute approximate surface area is 140 Å². The van der Waals surface area contributed by atoms with Crippen LogP contribution in [-0.4, -0.2) is 57.6 Å². The summed E-state index contributed by atoms with van der Waals surface area (Å²) in [5.74, 6) is 0.499. The highest BCUT2D eigenvalue weighted by Gasteiger charge is 2.31. The monoisotopic (exact) mass is 330 g/mol. The highest BCUT2D eigenvalue weighted by atomic mass is 16.5. The minimum Gasteiger partial charge on any atom is -0.383 e. The standard InChI is InChI=1S/C16H22N6O2/c17-15-13-4-6-22(16(13)19-9-18-15)14-2-1-12(24-14)8-21-5-3-11(7-21)20-10-23/h4,6,9-12,14H,1-3,5,7-8H2,(H,20,23)(H2,17,18,19). The normalized spacial score (nSPS) is 27.8. The highest BCUT2D eigenvalue weighted by molar-refractivity contribution is 5.86. The molecule has 0 aliphatic carbocycles. The lowest BCUT2D eigenvalue weighted by Gasteiger charge is -2.21. The number of amides is 1. The van der Waals surface area contributed by atoms with Crippen molar-refractivity contribution in [3.8, 4) is 0 Å². The molecule has 2 aromatic rings. The third-order valence-electron chi connectivity index (χ3n) is 4.97. The molecule has 0 aromatic carbocycles. The quantitative estimate of drug-likeness (QED) is 0.775. The first-order chi connectivity index (χ1) is 11.7. The molecule has 128 valence electrons. The van der Waals surface area contributed by atoms with E-state index in [1.54, 1.807) is 0 Å². The van der Waals surface area contributed by atoms with E-state index in [4.69, 9.17) is 10.5 Å². The van der Waals surface area contributed by atoms with Crippen LogP contribution in [0.2, 0.25) is 0 Å². The van der Waals surface area contributed by atoms with E-state index < -0.39 is 0 Å². The Balaban J connectivity index is 1.39. The summed E-state index contributed by atoms with van der Waals surface area (Å²) in [6.07, 6.45) is 7.45. The summed E-state index contributed by atoms with van der Waals surface area (Å²) in [6.45, 7) is 2.82. The molecular weight excluding hydrogens is 308 g/mol. The molecule has 4 heterocycles. The van der Waals surface area contributed by atoms with E-state index >= 15 is 0 Å². The number of nitrogens with one attached hydrogen (secondary N) is 1. The van der Waals surface area contributed by atoms with Gasteiger partial charge < -0.3 is 20.4 Å². The minimum atomic E-state index is -0.00620. The summed E-state index contributed by atoms with van der Waals surface area (Å²) < 4.78 is 8.29. The third kappa shape index (κ3) is 2.83. The second-order valence-corrected chi connectivity index (χ2v) is 6.54. The van der Waals surface area contributed by atoms with E-state index in [-0.39, 0.29) is 18.4 Å². The predicted molar refractivity (Wildman–Crippen MR) is 89.1 cm³/mol. The number of nitrogens with two attached hydrogens (primary N) is 1. The zero-order valence-electron chi connectivity index (χ0n) is 13.5. The number of rotatable bonds is 5. The van der Waals surface area contributed by atoms with Crippen molar-refractivity contribution >= 4 is 23.3 Å². The molecule has 3 N–H and O–H groups in total. The van der Waals surface area contributed by atoms with E-state index in [0.29, 0.717) is 5.82 Å². The fourth-order valence-corrected chi connectivity index (χ4v) is 3.77. The van der Waals surface area contributed by atoms with Crippen LogP contribution in [0.4, 0.5) is 5.82 Å². The Morgan fingerprint density at radius 3 is 3.17 bits per heavy atom. The number of anilines is 1. The Hall–Kier alpha value is -2.19. The van der Waals surface area contributed by atoms with Crippen LogP contribution in [0.5, 0.6) is 0 Å². The van der Waals surface area contributed by atoms with Gasteiger partial charge in [-0.3, -0.25) is 9.69 Å². The van der Waals surface area contributed by atoms with Crippen LogP contribution >= 0.6 is 0 Å². The van der Waals surface area contributed by atoms with Crippen molar-refractivity contribution < 1.29 is 9.53 Å². The maximum absolute atomic E-state index is 10.5. The highest BCUT2D eigenvalue weighted by Crippen LogP contribution is 2.32. The van der Waals surface area contributed by atoms with E-state index in [9.17, 15) is 4.79 Å². The summed E-state index contributed by atoms with van der Waals surface area (Å²) in [5, 5.41) is 3.73. The lowest BCUT2D eigenvalue weighted by atomic mass is 10.2. The maximum Gasteiger partial charge on any atom is 0.207 e. The summed E-state index contributed by atoms with van der Waals surface area (Å²) in [4.78, 5) is 21.3. The fourth-order valence-electron chi connectivity index (χ4n) is 3.77. The van der Waals surface area contributed by atoms with Gasteiger partial charge in [0.05, 0.1) is 11.5 Å². The average molecular weight is 330 g/mol. The topological polar surface area (TPSA) is 98.3 Å². The second kappa shape index (κ2) is 6.37. The van der Waals surface area contributed by atoms with Gasteiger partial charge in [-0.15, -0.1) is 0 Å². The molecule has 2 aliphatic heterocycles. The molecule has 24 heavy (non-hydrogen) atoms. The van der Waals surface area contributed by atoms with Gasteiger partial charge in [0, 0.05) is 31.9 Å². The Kier molecular flexibility index (Phi) is 4.07. The summed E-state index contributed by atoms with van der Waals surface area (Å²) in [7, 11) is 0. The number of carbonyl (C=O) groups is 1. The molecule has 1 amide bonds. The third-order valence-corrected chi connectivity index (χ3v) is 4.97. The first-order valence-corrected chi connectivity index (χ1v) is 8.39. The predicted octanol–water partition coefficient (Wildman–Crippen LogP) is 0.511. The van der Waals surface area contributed by atoms with Crippen LogP contribution in [0.3, 0.4) is 0 Å². The summed E-state index contributed by atoms with van der Waals surface area (Å²) in [5.41, 5.74) is 6.72. The van der Waals surface area contributed by atoms with E-state index in [1.165, 1.54) is 6.33 Å². The number of fused-ring (bicyclic) bond motifs is 1. The van der Waals surface area contributed by atoms with E-state index in [2.05, 4.69) is 20.2 Å². The van der Waals surface area contributed by atoms with Crippen LogP contribution in [0.15, 0.2) is 18.6 Å². The Bertz CT molecular complexity index is 732. The number of ether oxygens (including phenoxy) is 1. The number of carbonyl (C=O) groups excluding carboxylic acids is 1. The maximum atomic E-state index is 10.5. The molecule has 3 atom stereocenters. The zero-order valence-corrected chi connectivity index (χ0v) is 13.5. The molecule has 0 radical (unpaired) electrons. The lowest BCUT2D eigenvalue weighted by Crippen LogP contribution is -2.35. The van der Waals surface area contributed by atoms with Crippen molar-refractivity contribution in [1.29, 1.82) is 0 Å². The molecule has 4 rings (SSSR count). The van der Waals surface area contributed by atoms with Gasteiger partial charge in [0.1, 0.15) is 24.0 Å². The van der Waals surface area contributed by atoms with Gasteiger partial charge >= 0.3 is 0 Å². The van der Waals surface area contributed by atoms with Crippen molar-refractivity contribution in [3.05, 3.63) is 18.6 Å². The molecule has 3 unspecified atom stereocenters. The van der Waals surface area contributed by atoms with Crippen LogP contribution in [0, 0.1) is 0 Å². The van der Waals surface area contributed by atoms with Crippen molar-refractivity contribution in [2.75, 3.05) is 25.4 Å². The SMILES string of the molecule is Nc1ncnc2c1ccn2C1CCC(CN2CCC(NC=O)C2)O1. The molecule has 8 heteroatoms. The number of hydrogen-bond acceptors (Lipinski definition) is 6. The Morgan fingerprint density at radius 2 is 2.29 bits per heavy atom. The first kappa shape index (κ1) is 15.3. The molecule has 0 saturated carbocycles. The molecular formula is C16H22N6O2. The number of nitrogen functional groups attached to an aromatic ring is 1. The first-order valence-electron chi connectivity index (χ1n) is 8.39. The molecule has 2 saturated heterocycles.